The summed E-state index contributed by atoms with van der Waals surface area (Å²) in [7, 11) is 0. The second-order valence-electron chi connectivity index (χ2n) is 3.04. The average molecular weight is 208 g/mol. The Morgan fingerprint density at radius 2 is 2.29 bits per heavy atom. The molecule has 0 amide bonds. The molecule has 72 valence electrons. The van der Waals surface area contributed by atoms with Crippen molar-refractivity contribution in [3.63, 3.8) is 0 Å². The summed E-state index contributed by atoms with van der Waals surface area (Å²) in [4.78, 5) is 4.02. The predicted molar refractivity (Wildman–Crippen MR) is 55.7 cm³/mol. The van der Waals surface area contributed by atoms with Crippen LogP contribution in [0.25, 0.3) is 5.69 Å². The SMILES string of the molecule is Cc1ccn(-c2ccncc2CCl)n1. The Bertz CT molecular complexity index is 436. The summed E-state index contributed by atoms with van der Waals surface area (Å²) < 4.78 is 1.81. The summed E-state index contributed by atoms with van der Waals surface area (Å²) in [5.74, 6) is 0.447. The number of hydrogen-bond donors (Lipinski definition) is 0. The molecule has 0 aliphatic rings. The van der Waals surface area contributed by atoms with Gasteiger partial charge >= 0.3 is 0 Å². The normalized spacial score (nSPS) is 10.4. The van der Waals surface area contributed by atoms with E-state index in [9.17, 15) is 0 Å². The van der Waals surface area contributed by atoms with Crippen LogP contribution in [0.1, 0.15) is 11.3 Å². The van der Waals surface area contributed by atoms with Gasteiger partial charge in [-0.1, -0.05) is 0 Å². The molecule has 0 atom stereocenters. The van der Waals surface area contributed by atoms with Gasteiger partial charge in [-0.3, -0.25) is 4.98 Å². The fourth-order valence-electron chi connectivity index (χ4n) is 1.30. The minimum absolute atomic E-state index is 0.447. The van der Waals surface area contributed by atoms with E-state index in [1.165, 1.54) is 0 Å². The quantitative estimate of drug-likeness (QED) is 0.708. The molecule has 4 heteroatoms. The highest BCUT2D eigenvalue weighted by Gasteiger charge is 2.03. The first kappa shape index (κ1) is 9.21. The number of hydrogen-bond acceptors (Lipinski definition) is 2. The Morgan fingerprint density at radius 3 is 2.93 bits per heavy atom. The van der Waals surface area contributed by atoms with E-state index in [0.29, 0.717) is 5.88 Å². The average Bonchev–Trinajstić information content (AvgIpc) is 2.65. The molecule has 0 aliphatic carbocycles. The van der Waals surface area contributed by atoms with Gasteiger partial charge in [0.15, 0.2) is 0 Å². The zero-order chi connectivity index (χ0) is 9.97. The molecule has 2 rings (SSSR count). The molecular formula is C10H10ClN3. The van der Waals surface area contributed by atoms with Crippen molar-refractivity contribution in [2.45, 2.75) is 12.8 Å². The Balaban J connectivity index is 2.50. The van der Waals surface area contributed by atoms with Crippen molar-refractivity contribution in [1.82, 2.24) is 14.8 Å². The molecule has 0 radical (unpaired) electrons. The third-order valence-corrected chi connectivity index (χ3v) is 2.28. The molecule has 0 aliphatic heterocycles. The van der Waals surface area contributed by atoms with Crippen molar-refractivity contribution >= 4 is 11.6 Å². The van der Waals surface area contributed by atoms with Crippen LogP contribution in [0, 0.1) is 6.92 Å². The van der Waals surface area contributed by atoms with E-state index >= 15 is 0 Å². The van der Waals surface area contributed by atoms with Crippen LogP contribution in [0.5, 0.6) is 0 Å². The van der Waals surface area contributed by atoms with Crippen LogP contribution in [-0.2, 0) is 5.88 Å². The van der Waals surface area contributed by atoms with Gasteiger partial charge in [0.2, 0.25) is 0 Å². The van der Waals surface area contributed by atoms with Crippen LogP contribution in [0.15, 0.2) is 30.7 Å². The van der Waals surface area contributed by atoms with E-state index < -0.39 is 0 Å². The molecule has 0 saturated heterocycles. The summed E-state index contributed by atoms with van der Waals surface area (Å²) in [6, 6.07) is 3.86. The fourth-order valence-corrected chi connectivity index (χ4v) is 1.50. The Morgan fingerprint density at radius 1 is 1.43 bits per heavy atom. The van der Waals surface area contributed by atoms with Crippen LogP contribution in [-0.4, -0.2) is 14.8 Å². The summed E-state index contributed by atoms with van der Waals surface area (Å²) in [6.45, 7) is 1.96. The van der Waals surface area contributed by atoms with E-state index in [1.807, 2.05) is 29.9 Å². The summed E-state index contributed by atoms with van der Waals surface area (Å²) in [5.41, 5.74) is 2.96. The van der Waals surface area contributed by atoms with Gasteiger partial charge in [0.1, 0.15) is 0 Å². The van der Waals surface area contributed by atoms with Gasteiger partial charge < -0.3 is 0 Å². The Kier molecular flexibility index (Phi) is 2.50. The van der Waals surface area contributed by atoms with Gasteiger partial charge in [-0.05, 0) is 19.1 Å². The molecule has 0 spiro atoms. The molecule has 0 aromatic carbocycles. The molecule has 2 aromatic rings. The van der Waals surface area contributed by atoms with Crippen LogP contribution in [0.2, 0.25) is 0 Å². The first-order valence-electron chi connectivity index (χ1n) is 4.33. The fraction of sp³-hybridized carbons (Fsp3) is 0.200. The maximum atomic E-state index is 5.81. The maximum Gasteiger partial charge on any atom is 0.0720 e. The zero-order valence-electron chi connectivity index (χ0n) is 7.81. The lowest BCUT2D eigenvalue weighted by Crippen LogP contribution is -1.99. The summed E-state index contributed by atoms with van der Waals surface area (Å²) in [5, 5.41) is 4.32. The number of rotatable bonds is 2. The van der Waals surface area contributed by atoms with Crippen molar-refractivity contribution in [1.29, 1.82) is 0 Å². The highest BCUT2D eigenvalue weighted by Crippen LogP contribution is 2.14. The minimum atomic E-state index is 0.447. The molecule has 14 heavy (non-hydrogen) atoms. The topological polar surface area (TPSA) is 30.7 Å². The number of halogens is 1. The minimum Gasteiger partial charge on any atom is -0.264 e. The number of pyridine rings is 1. The molecule has 0 saturated carbocycles. The van der Waals surface area contributed by atoms with Gasteiger partial charge in [-0.25, -0.2) is 4.68 Å². The number of aryl methyl sites for hydroxylation is 1. The molecule has 0 fully saturated rings. The van der Waals surface area contributed by atoms with E-state index in [0.717, 1.165) is 16.9 Å². The van der Waals surface area contributed by atoms with E-state index in [2.05, 4.69) is 10.1 Å². The number of aromatic nitrogens is 3. The second-order valence-corrected chi connectivity index (χ2v) is 3.31. The predicted octanol–water partition coefficient (Wildman–Crippen LogP) is 2.31. The first-order valence-corrected chi connectivity index (χ1v) is 4.86. The zero-order valence-corrected chi connectivity index (χ0v) is 8.57. The third kappa shape index (κ3) is 1.63. The lowest BCUT2D eigenvalue weighted by molar-refractivity contribution is 0.851. The van der Waals surface area contributed by atoms with Gasteiger partial charge in [0, 0.05) is 24.2 Å². The van der Waals surface area contributed by atoms with Crippen LogP contribution in [0.4, 0.5) is 0 Å². The molecule has 2 aromatic heterocycles. The summed E-state index contributed by atoms with van der Waals surface area (Å²) in [6.07, 6.45) is 5.42. The van der Waals surface area contributed by atoms with Gasteiger partial charge in [0.25, 0.3) is 0 Å². The number of nitrogens with zero attached hydrogens (tertiary/aromatic N) is 3. The molecule has 3 nitrogen and oxygen atoms in total. The second kappa shape index (κ2) is 3.80. The van der Waals surface area contributed by atoms with Crippen molar-refractivity contribution < 1.29 is 0 Å². The summed E-state index contributed by atoms with van der Waals surface area (Å²) >= 11 is 5.81. The van der Waals surface area contributed by atoms with Gasteiger partial charge in [-0.15, -0.1) is 11.6 Å². The van der Waals surface area contributed by atoms with Crippen molar-refractivity contribution in [2.24, 2.45) is 0 Å². The lowest BCUT2D eigenvalue weighted by Gasteiger charge is -2.05. The first-order chi connectivity index (χ1) is 6.81. The third-order valence-electron chi connectivity index (χ3n) is 1.99. The Labute approximate surface area is 87.3 Å². The van der Waals surface area contributed by atoms with Crippen molar-refractivity contribution in [3.8, 4) is 5.69 Å². The standard InChI is InChI=1S/C10H10ClN3/c1-8-3-5-14(13-8)10-2-4-12-7-9(10)6-11/h2-5,7H,6H2,1H3. The van der Waals surface area contributed by atoms with Gasteiger partial charge in [0.05, 0.1) is 17.3 Å². The van der Waals surface area contributed by atoms with Crippen LogP contribution < -0.4 is 0 Å². The molecule has 2 heterocycles. The monoisotopic (exact) mass is 207 g/mol. The van der Waals surface area contributed by atoms with E-state index in [1.54, 1.807) is 12.4 Å². The molecule has 0 N–H and O–H groups in total. The van der Waals surface area contributed by atoms with Crippen LogP contribution in [0.3, 0.4) is 0 Å². The smallest absolute Gasteiger partial charge is 0.0720 e. The van der Waals surface area contributed by atoms with Crippen molar-refractivity contribution in [3.05, 3.63) is 42.0 Å². The lowest BCUT2D eigenvalue weighted by atomic mass is 10.2. The van der Waals surface area contributed by atoms with Crippen molar-refractivity contribution in [2.75, 3.05) is 0 Å². The molecular weight excluding hydrogens is 198 g/mol. The van der Waals surface area contributed by atoms with E-state index in [4.69, 9.17) is 11.6 Å². The van der Waals surface area contributed by atoms with E-state index in [-0.39, 0.29) is 0 Å². The largest absolute Gasteiger partial charge is 0.264 e. The number of alkyl halides is 1. The van der Waals surface area contributed by atoms with Gasteiger partial charge in [-0.2, -0.15) is 5.10 Å². The molecule has 0 bridgehead atoms. The Hall–Kier alpha value is -1.35. The molecule has 0 unspecified atom stereocenters. The highest BCUT2D eigenvalue weighted by molar-refractivity contribution is 6.17. The van der Waals surface area contributed by atoms with Crippen LogP contribution >= 0.6 is 11.6 Å². The maximum absolute atomic E-state index is 5.81. The highest BCUT2D eigenvalue weighted by atomic mass is 35.5.